The molecule has 0 aromatic carbocycles. The molecule has 0 fully saturated rings. The summed E-state index contributed by atoms with van der Waals surface area (Å²) in [5.74, 6) is 0. The van der Waals surface area contributed by atoms with E-state index < -0.39 is 11.0 Å². The van der Waals surface area contributed by atoms with E-state index in [1.54, 1.807) is 6.92 Å². The number of hydrogen-bond donors (Lipinski definition) is 1. The molecular weight excluding hydrogens is 162 g/mol. The normalized spacial score (nSPS) is 12.8. The highest BCUT2D eigenvalue weighted by atomic mass is 16.6. The lowest BCUT2D eigenvalue weighted by atomic mass is 10.4. The molecule has 1 N–H and O–H groups in total. The highest BCUT2D eigenvalue weighted by Crippen LogP contribution is 2.07. The molecule has 1 heterocycles. The Morgan fingerprint density at radius 2 is 2.58 bits per heavy atom. The van der Waals surface area contributed by atoms with E-state index in [4.69, 9.17) is 5.11 Å². The van der Waals surface area contributed by atoms with Crippen LogP contribution in [0.2, 0.25) is 0 Å². The Morgan fingerprint density at radius 1 is 1.92 bits per heavy atom. The van der Waals surface area contributed by atoms with Crippen LogP contribution in [0.15, 0.2) is 12.4 Å². The summed E-state index contributed by atoms with van der Waals surface area (Å²) in [6, 6.07) is 0. The number of hydrogen-bond acceptors (Lipinski definition) is 4. The molecule has 0 amide bonds. The second kappa shape index (κ2) is 3.31. The summed E-state index contributed by atoms with van der Waals surface area (Å²) in [4.78, 5) is 9.67. The Bertz CT molecular complexity index is 281. The van der Waals surface area contributed by atoms with E-state index in [9.17, 15) is 10.1 Å². The summed E-state index contributed by atoms with van der Waals surface area (Å²) < 4.78 is 1.34. The molecule has 6 heteroatoms. The van der Waals surface area contributed by atoms with Crippen LogP contribution in [-0.2, 0) is 6.54 Å². The van der Waals surface area contributed by atoms with Crippen molar-refractivity contribution >= 4 is 5.69 Å². The smallest absolute Gasteiger partial charge is 0.306 e. The van der Waals surface area contributed by atoms with Gasteiger partial charge in [-0.3, -0.25) is 14.8 Å². The second-order valence-corrected chi connectivity index (χ2v) is 2.53. The van der Waals surface area contributed by atoms with Crippen molar-refractivity contribution in [3.63, 3.8) is 0 Å². The van der Waals surface area contributed by atoms with Crippen LogP contribution in [0.25, 0.3) is 0 Å². The molecule has 0 spiro atoms. The minimum absolute atomic E-state index is 0.0596. The largest absolute Gasteiger partial charge is 0.391 e. The first kappa shape index (κ1) is 8.66. The quantitative estimate of drug-likeness (QED) is 0.519. The molecule has 0 unspecified atom stereocenters. The Labute approximate surface area is 68.6 Å². The summed E-state index contributed by atoms with van der Waals surface area (Å²) in [6.07, 6.45) is 1.89. The summed E-state index contributed by atoms with van der Waals surface area (Å²) in [5, 5.41) is 22.8. The number of rotatable bonds is 3. The number of aromatic nitrogens is 2. The van der Waals surface area contributed by atoms with E-state index in [2.05, 4.69) is 5.10 Å². The van der Waals surface area contributed by atoms with Gasteiger partial charge in [-0.2, -0.15) is 5.10 Å². The molecule has 0 aliphatic heterocycles. The van der Waals surface area contributed by atoms with Crippen molar-refractivity contribution in [3.8, 4) is 0 Å². The first-order valence-corrected chi connectivity index (χ1v) is 3.44. The van der Waals surface area contributed by atoms with Crippen LogP contribution in [0.4, 0.5) is 5.69 Å². The highest BCUT2D eigenvalue weighted by molar-refractivity contribution is 5.20. The fourth-order valence-corrected chi connectivity index (χ4v) is 0.818. The Hall–Kier alpha value is -1.43. The Morgan fingerprint density at radius 3 is 3.00 bits per heavy atom. The van der Waals surface area contributed by atoms with E-state index >= 15 is 0 Å². The zero-order valence-electron chi connectivity index (χ0n) is 6.54. The van der Waals surface area contributed by atoms with Crippen LogP contribution in [-0.4, -0.2) is 25.9 Å². The van der Waals surface area contributed by atoms with Gasteiger partial charge in [0, 0.05) is 0 Å². The van der Waals surface area contributed by atoms with Gasteiger partial charge in [0.15, 0.2) is 0 Å². The third-order valence-corrected chi connectivity index (χ3v) is 1.28. The number of nitrogens with zero attached hydrogens (tertiary/aromatic N) is 3. The zero-order valence-corrected chi connectivity index (χ0v) is 6.54. The maximum absolute atomic E-state index is 10.2. The third kappa shape index (κ3) is 2.03. The first-order valence-electron chi connectivity index (χ1n) is 3.44. The van der Waals surface area contributed by atoms with Gasteiger partial charge in [-0.25, -0.2) is 0 Å². The molecule has 6 nitrogen and oxygen atoms in total. The van der Waals surface area contributed by atoms with E-state index in [0.29, 0.717) is 0 Å². The molecule has 0 saturated heterocycles. The number of nitro groups is 1. The molecule has 0 aliphatic rings. The van der Waals surface area contributed by atoms with Gasteiger partial charge in [-0.1, -0.05) is 0 Å². The monoisotopic (exact) mass is 171 g/mol. The van der Waals surface area contributed by atoms with Crippen LogP contribution >= 0.6 is 0 Å². The minimum atomic E-state index is -0.551. The van der Waals surface area contributed by atoms with Crippen LogP contribution < -0.4 is 0 Å². The van der Waals surface area contributed by atoms with Crippen molar-refractivity contribution in [1.82, 2.24) is 9.78 Å². The Balaban J connectivity index is 2.71. The average Bonchev–Trinajstić information content (AvgIpc) is 2.34. The lowest BCUT2D eigenvalue weighted by Gasteiger charge is -2.01. The molecule has 12 heavy (non-hydrogen) atoms. The van der Waals surface area contributed by atoms with Crippen molar-refractivity contribution in [2.45, 2.75) is 19.6 Å². The molecule has 1 atom stereocenters. The summed E-state index contributed by atoms with van der Waals surface area (Å²) >= 11 is 0. The predicted octanol–water partition coefficient (Wildman–Crippen LogP) is 0.172. The van der Waals surface area contributed by atoms with Gasteiger partial charge in [-0.15, -0.1) is 0 Å². The van der Waals surface area contributed by atoms with Crippen molar-refractivity contribution in [2.75, 3.05) is 0 Å². The second-order valence-electron chi connectivity index (χ2n) is 2.53. The Kier molecular flexibility index (Phi) is 2.39. The lowest BCUT2D eigenvalue weighted by molar-refractivity contribution is -0.385. The summed E-state index contributed by atoms with van der Waals surface area (Å²) in [7, 11) is 0. The van der Waals surface area contributed by atoms with E-state index in [0.717, 1.165) is 6.20 Å². The van der Waals surface area contributed by atoms with Crippen molar-refractivity contribution in [3.05, 3.63) is 22.5 Å². The van der Waals surface area contributed by atoms with Gasteiger partial charge in [0.1, 0.15) is 12.4 Å². The van der Waals surface area contributed by atoms with Crippen molar-refractivity contribution in [2.24, 2.45) is 0 Å². The highest BCUT2D eigenvalue weighted by Gasteiger charge is 2.09. The van der Waals surface area contributed by atoms with Gasteiger partial charge >= 0.3 is 5.69 Å². The van der Waals surface area contributed by atoms with Gasteiger partial charge in [0.25, 0.3) is 0 Å². The van der Waals surface area contributed by atoms with Crippen molar-refractivity contribution < 1.29 is 10.0 Å². The standard InChI is InChI=1S/C6H9N3O3/c1-5(10)3-8-4-6(2-7-8)9(11)12/h2,4-5,10H,3H2,1H3/t5-/m1/s1. The van der Waals surface area contributed by atoms with Gasteiger partial charge in [-0.05, 0) is 6.92 Å². The van der Waals surface area contributed by atoms with Crippen LogP contribution in [0, 0.1) is 10.1 Å². The number of aliphatic hydroxyl groups excluding tert-OH is 1. The van der Waals surface area contributed by atoms with E-state index in [-0.39, 0.29) is 12.2 Å². The fourth-order valence-electron chi connectivity index (χ4n) is 0.818. The molecular formula is C6H9N3O3. The van der Waals surface area contributed by atoms with E-state index in [1.165, 1.54) is 10.9 Å². The SMILES string of the molecule is C[C@@H](O)Cn1cc([N+](=O)[O-])cn1. The maximum Gasteiger partial charge on any atom is 0.306 e. The van der Waals surface area contributed by atoms with Crippen LogP contribution in [0.5, 0.6) is 0 Å². The van der Waals surface area contributed by atoms with E-state index in [1.807, 2.05) is 0 Å². The molecule has 66 valence electrons. The summed E-state index contributed by atoms with van der Waals surface area (Å²) in [6.45, 7) is 1.86. The molecule has 0 bridgehead atoms. The topological polar surface area (TPSA) is 81.2 Å². The predicted molar refractivity (Wildman–Crippen MR) is 40.6 cm³/mol. The third-order valence-electron chi connectivity index (χ3n) is 1.28. The summed E-state index contributed by atoms with van der Waals surface area (Å²) in [5.41, 5.74) is -0.0596. The maximum atomic E-state index is 10.2. The van der Waals surface area contributed by atoms with Crippen molar-refractivity contribution in [1.29, 1.82) is 0 Å². The molecule has 1 rings (SSSR count). The molecule has 0 saturated carbocycles. The van der Waals surface area contributed by atoms with Crippen LogP contribution in [0.1, 0.15) is 6.92 Å². The fraction of sp³-hybridized carbons (Fsp3) is 0.500. The lowest BCUT2D eigenvalue weighted by Crippen LogP contribution is -2.11. The molecule has 1 aromatic rings. The minimum Gasteiger partial charge on any atom is -0.391 e. The first-order chi connectivity index (χ1) is 5.59. The molecule has 1 aromatic heterocycles. The molecule has 0 radical (unpaired) electrons. The van der Waals surface area contributed by atoms with Crippen LogP contribution in [0.3, 0.4) is 0 Å². The zero-order chi connectivity index (χ0) is 9.14. The van der Waals surface area contributed by atoms with Gasteiger partial charge < -0.3 is 5.11 Å². The van der Waals surface area contributed by atoms with Gasteiger partial charge in [0.2, 0.25) is 0 Å². The number of aliphatic hydroxyl groups is 1. The molecule has 0 aliphatic carbocycles. The average molecular weight is 171 g/mol. The van der Waals surface area contributed by atoms with Gasteiger partial charge in [0.05, 0.1) is 17.6 Å².